The molecule has 50 heavy (non-hydrogen) atoms. The number of hydrogen-bond acceptors (Lipinski definition) is 4. The molecule has 3 aromatic heterocycles. The fourth-order valence-corrected chi connectivity index (χ4v) is 7.16. The first-order valence-corrected chi connectivity index (χ1v) is 16.7. The van der Waals surface area contributed by atoms with Crippen molar-refractivity contribution in [1.82, 2.24) is 19.5 Å². The zero-order chi connectivity index (χ0) is 33.0. The number of benzene rings is 7. The summed E-state index contributed by atoms with van der Waals surface area (Å²) in [6, 6.07) is 58.5. The molecular formula is C45H28N4O. The van der Waals surface area contributed by atoms with Crippen LogP contribution in [0.2, 0.25) is 0 Å². The van der Waals surface area contributed by atoms with Gasteiger partial charge in [0.25, 0.3) is 0 Å². The number of nitrogens with zero attached hydrogens (tertiary/aromatic N) is 4. The average Bonchev–Trinajstić information content (AvgIpc) is 3.46. The maximum atomic E-state index is 6.56. The molecule has 0 unspecified atom stereocenters. The normalized spacial score (nSPS) is 11.6. The molecule has 0 bridgehead atoms. The lowest BCUT2D eigenvalue weighted by Crippen LogP contribution is -2.00. The van der Waals surface area contributed by atoms with Crippen molar-refractivity contribution in [1.29, 1.82) is 0 Å². The molecule has 0 atom stereocenters. The van der Waals surface area contributed by atoms with Crippen molar-refractivity contribution in [2.75, 3.05) is 0 Å². The zero-order valence-electron chi connectivity index (χ0n) is 26.9. The van der Waals surface area contributed by atoms with Gasteiger partial charge in [-0.15, -0.1) is 0 Å². The molecule has 0 amide bonds. The summed E-state index contributed by atoms with van der Waals surface area (Å²) in [7, 11) is 0. The van der Waals surface area contributed by atoms with Gasteiger partial charge in [0.15, 0.2) is 17.5 Å². The Kier molecular flexibility index (Phi) is 6.42. The van der Waals surface area contributed by atoms with Gasteiger partial charge in [-0.1, -0.05) is 127 Å². The summed E-state index contributed by atoms with van der Waals surface area (Å²) < 4.78 is 8.92. The molecule has 10 aromatic rings. The molecule has 7 aromatic carbocycles. The van der Waals surface area contributed by atoms with Crippen LogP contribution in [0.15, 0.2) is 174 Å². The Morgan fingerprint density at radius 1 is 0.360 bits per heavy atom. The Morgan fingerprint density at radius 3 is 1.60 bits per heavy atom. The largest absolute Gasteiger partial charge is 0.456 e. The maximum absolute atomic E-state index is 6.56. The first-order chi connectivity index (χ1) is 24.8. The van der Waals surface area contributed by atoms with Crippen LogP contribution in [-0.2, 0) is 0 Å². The smallest absolute Gasteiger partial charge is 0.164 e. The predicted molar refractivity (Wildman–Crippen MR) is 203 cm³/mol. The topological polar surface area (TPSA) is 56.7 Å². The van der Waals surface area contributed by atoms with Crippen molar-refractivity contribution in [2.24, 2.45) is 0 Å². The van der Waals surface area contributed by atoms with E-state index in [1.807, 2.05) is 72.8 Å². The Hall–Kier alpha value is -6.85. The van der Waals surface area contributed by atoms with Gasteiger partial charge < -0.3 is 8.98 Å². The number of rotatable bonds is 5. The molecule has 0 radical (unpaired) electrons. The molecule has 0 saturated carbocycles. The van der Waals surface area contributed by atoms with E-state index in [9.17, 15) is 0 Å². The van der Waals surface area contributed by atoms with Gasteiger partial charge in [0.1, 0.15) is 11.2 Å². The van der Waals surface area contributed by atoms with E-state index in [0.717, 1.165) is 66.5 Å². The van der Waals surface area contributed by atoms with Crippen molar-refractivity contribution in [3.05, 3.63) is 170 Å². The van der Waals surface area contributed by atoms with Gasteiger partial charge in [-0.05, 0) is 59.0 Å². The predicted octanol–water partition coefficient (Wildman–Crippen LogP) is 11.5. The summed E-state index contributed by atoms with van der Waals surface area (Å²) in [6.07, 6.45) is 0. The molecule has 5 nitrogen and oxygen atoms in total. The van der Waals surface area contributed by atoms with E-state index in [-0.39, 0.29) is 0 Å². The van der Waals surface area contributed by atoms with Crippen molar-refractivity contribution in [2.45, 2.75) is 0 Å². The zero-order valence-corrected chi connectivity index (χ0v) is 26.9. The molecule has 0 aliphatic carbocycles. The van der Waals surface area contributed by atoms with E-state index in [1.165, 1.54) is 10.8 Å². The van der Waals surface area contributed by atoms with Crippen molar-refractivity contribution in [3.63, 3.8) is 0 Å². The van der Waals surface area contributed by atoms with Crippen LogP contribution in [0.1, 0.15) is 0 Å². The SMILES string of the molecule is c1ccc(-c2nc(-c3ccccc3)nc(-c3cccc(-c4cccc(-n5c6cccc7oc8ccccc8c8cccc5c8c76)c4)c3)n2)cc1. The standard InChI is InChI=1S/C45H28N4O/c1-3-13-29(14-4-1)43-46-44(30-15-5-2-6-16-30)48-45(47-43)33-19-9-17-31(27-33)32-18-10-20-34(28-32)49-37-23-11-22-36-35-21-7-8-25-39(35)50-40-26-12-24-38(49)42(40)41(36)37/h1-28H. The van der Waals surface area contributed by atoms with Crippen LogP contribution in [-0.4, -0.2) is 19.5 Å². The Balaban J connectivity index is 1.13. The highest BCUT2D eigenvalue weighted by Gasteiger charge is 2.19. The number of fused-ring (bicyclic) bond motifs is 2. The van der Waals surface area contributed by atoms with Crippen LogP contribution >= 0.6 is 0 Å². The highest BCUT2D eigenvalue weighted by molar-refractivity contribution is 6.26. The summed E-state index contributed by atoms with van der Waals surface area (Å²) in [6.45, 7) is 0. The minimum absolute atomic E-state index is 0.632. The lowest BCUT2D eigenvalue weighted by Gasteiger charge is -2.12. The molecular weight excluding hydrogens is 613 g/mol. The lowest BCUT2D eigenvalue weighted by atomic mass is 10.0. The molecule has 5 heteroatoms. The molecule has 0 spiro atoms. The van der Waals surface area contributed by atoms with Crippen LogP contribution < -0.4 is 0 Å². The first-order valence-electron chi connectivity index (χ1n) is 16.7. The van der Waals surface area contributed by atoms with Gasteiger partial charge in [0.05, 0.1) is 16.4 Å². The van der Waals surface area contributed by atoms with Crippen molar-refractivity contribution >= 4 is 43.7 Å². The van der Waals surface area contributed by atoms with E-state index in [1.54, 1.807) is 0 Å². The van der Waals surface area contributed by atoms with Gasteiger partial charge in [0.2, 0.25) is 0 Å². The summed E-state index contributed by atoms with van der Waals surface area (Å²) in [5, 5.41) is 4.61. The second kappa shape index (κ2) is 11.4. The third kappa shape index (κ3) is 4.60. The highest BCUT2D eigenvalue weighted by Crippen LogP contribution is 2.41. The molecule has 0 N–H and O–H groups in total. The molecule has 0 aliphatic rings. The Labute approximate surface area is 287 Å². The Bertz CT molecular complexity index is 2810. The number of aromatic nitrogens is 4. The molecule has 0 fully saturated rings. The van der Waals surface area contributed by atoms with Gasteiger partial charge >= 0.3 is 0 Å². The third-order valence-corrected chi connectivity index (χ3v) is 9.43. The van der Waals surface area contributed by atoms with E-state index >= 15 is 0 Å². The van der Waals surface area contributed by atoms with Gasteiger partial charge in [-0.3, -0.25) is 0 Å². The molecule has 3 heterocycles. The summed E-state index contributed by atoms with van der Waals surface area (Å²) in [4.78, 5) is 14.8. The highest BCUT2D eigenvalue weighted by atomic mass is 16.3. The lowest BCUT2D eigenvalue weighted by molar-refractivity contribution is 0.664. The van der Waals surface area contributed by atoms with E-state index in [2.05, 4.69) is 102 Å². The number of hydrogen-bond donors (Lipinski definition) is 0. The summed E-state index contributed by atoms with van der Waals surface area (Å²) in [5.41, 5.74) is 10.1. The van der Waals surface area contributed by atoms with Crippen LogP contribution in [0, 0.1) is 0 Å². The quantitative estimate of drug-likeness (QED) is 0.188. The fourth-order valence-electron chi connectivity index (χ4n) is 7.16. The van der Waals surface area contributed by atoms with Crippen molar-refractivity contribution < 1.29 is 4.42 Å². The van der Waals surface area contributed by atoms with Gasteiger partial charge in [-0.2, -0.15) is 0 Å². The van der Waals surface area contributed by atoms with E-state index in [0.29, 0.717) is 17.5 Å². The van der Waals surface area contributed by atoms with Crippen LogP contribution in [0.25, 0.3) is 94.7 Å². The van der Waals surface area contributed by atoms with E-state index < -0.39 is 0 Å². The Morgan fingerprint density at radius 2 is 0.860 bits per heavy atom. The maximum Gasteiger partial charge on any atom is 0.164 e. The van der Waals surface area contributed by atoms with Gasteiger partial charge in [-0.25, -0.2) is 15.0 Å². The van der Waals surface area contributed by atoms with E-state index in [4.69, 9.17) is 19.4 Å². The minimum atomic E-state index is 0.632. The number of para-hydroxylation sites is 1. The second-order valence-corrected chi connectivity index (χ2v) is 12.5. The molecule has 0 saturated heterocycles. The molecule has 0 aliphatic heterocycles. The third-order valence-electron chi connectivity index (χ3n) is 9.43. The minimum Gasteiger partial charge on any atom is -0.456 e. The fraction of sp³-hybridized carbons (Fsp3) is 0. The summed E-state index contributed by atoms with van der Waals surface area (Å²) in [5.74, 6) is 1.92. The monoisotopic (exact) mass is 640 g/mol. The van der Waals surface area contributed by atoms with Gasteiger partial charge in [0, 0.05) is 33.2 Å². The van der Waals surface area contributed by atoms with Crippen LogP contribution in [0.3, 0.4) is 0 Å². The van der Waals surface area contributed by atoms with Crippen LogP contribution in [0.5, 0.6) is 0 Å². The molecule has 234 valence electrons. The van der Waals surface area contributed by atoms with Crippen LogP contribution in [0.4, 0.5) is 0 Å². The average molecular weight is 641 g/mol. The summed E-state index contributed by atoms with van der Waals surface area (Å²) >= 11 is 0. The van der Waals surface area contributed by atoms with Crippen molar-refractivity contribution in [3.8, 4) is 51.0 Å². The first kappa shape index (κ1) is 28.2. The second-order valence-electron chi connectivity index (χ2n) is 12.5. The molecule has 10 rings (SSSR count).